The van der Waals surface area contributed by atoms with Crippen molar-refractivity contribution in [3.05, 3.63) is 71.1 Å². The highest BCUT2D eigenvalue weighted by atomic mass is 16.5. The highest BCUT2D eigenvalue weighted by molar-refractivity contribution is 6.01. The second kappa shape index (κ2) is 5.88. The number of nitrogens with zero attached hydrogens (tertiary/aromatic N) is 4. The van der Waals surface area contributed by atoms with E-state index < -0.39 is 5.91 Å². The van der Waals surface area contributed by atoms with Gasteiger partial charge in [0.1, 0.15) is 0 Å². The Bertz CT molecular complexity index is 855. The van der Waals surface area contributed by atoms with Crippen molar-refractivity contribution in [2.75, 3.05) is 5.32 Å². The fourth-order valence-electron chi connectivity index (χ4n) is 2.25. The van der Waals surface area contributed by atoms with Crippen LogP contribution in [-0.2, 0) is 0 Å². The van der Waals surface area contributed by atoms with Gasteiger partial charge in [0, 0.05) is 17.8 Å². The molecule has 3 rings (SSSR count). The molecule has 0 radical (unpaired) electrons. The predicted molar refractivity (Wildman–Crippen MR) is 84.2 cm³/mol. The largest absolute Gasteiger partial charge is 0.618 e. The number of aromatic nitrogens is 4. The molecule has 7 heteroatoms. The lowest BCUT2D eigenvalue weighted by molar-refractivity contribution is -0.607. The number of pyridine rings is 2. The van der Waals surface area contributed by atoms with Crippen LogP contribution in [0.2, 0.25) is 0 Å². The molecule has 1 N–H and O–H groups in total. The van der Waals surface area contributed by atoms with Crippen LogP contribution in [0, 0.1) is 19.1 Å². The number of aryl methyl sites for hydroxylation is 2. The molecule has 1 amide bonds. The first-order valence-electron chi connectivity index (χ1n) is 7.04. The van der Waals surface area contributed by atoms with Gasteiger partial charge < -0.3 is 10.5 Å². The van der Waals surface area contributed by atoms with E-state index in [1.54, 1.807) is 28.9 Å². The SMILES string of the molecule is Cc1cc(C)n(-c2ccc(NC(=O)c3cccc[n+]3[O-])cn2)n1. The second-order valence-corrected chi connectivity index (χ2v) is 5.11. The van der Waals surface area contributed by atoms with E-state index in [1.165, 1.54) is 18.5 Å². The van der Waals surface area contributed by atoms with Crippen molar-refractivity contribution in [3.8, 4) is 5.82 Å². The number of hydrogen-bond acceptors (Lipinski definition) is 4. The van der Waals surface area contributed by atoms with Gasteiger partial charge in [0.15, 0.2) is 12.0 Å². The Morgan fingerprint density at radius 1 is 1.26 bits per heavy atom. The number of carbonyl (C=O) groups is 1. The van der Waals surface area contributed by atoms with Crippen LogP contribution >= 0.6 is 0 Å². The van der Waals surface area contributed by atoms with E-state index in [0.29, 0.717) is 16.2 Å². The topological polar surface area (TPSA) is 86.8 Å². The van der Waals surface area contributed by atoms with Crippen LogP contribution < -0.4 is 10.0 Å². The Balaban J connectivity index is 1.79. The van der Waals surface area contributed by atoms with Crippen LogP contribution in [-0.4, -0.2) is 20.7 Å². The summed E-state index contributed by atoms with van der Waals surface area (Å²) in [5.41, 5.74) is 2.41. The van der Waals surface area contributed by atoms with Crippen LogP contribution in [0.1, 0.15) is 21.9 Å². The quantitative estimate of drug-likeness (QED) is 0.590. The number of amides is 1. The molecule has 3 heterocycles. The minimum absolute atomic E-state index is 0.0233. The Kier molecular flexibility index (Phi) is 3.76. The maximum atomic E-state index is 12.1. The van der Waals surface area contributed by atoms with Crippen LogP contribution in [0.5, 0.6) is 0 Å². The molecule has 3 aromatic rings. The summed E-state index contributed by atoms with van der Waals surface area (Å²) >= 11 is 0. The fourth-order valence-corrected chi connectivity index (χ4v) is 2.25. The van der Waals surface area contributed by atoms with Gasteiger partial charge >= 0.3 is 5.91 Å². The molecule has 0 aliphatic carbocycles. The van der Waals surface area contributed by atoms with E-state index in [-0.39, 0.29) is 5.69 Å². The van der Waals surface area contributed by atoms with Gasteiger partial charge in [-0.05, 0) is 38.1 Å². The van der Waals surface area contributed by atoms with Crippen LogP contribution in [0.3, 0.4) is 0 Å². The number of nitrogens with one attached hydrogen (secondary N) is 1. The Morgan fingerprint density at radius 2 is 2.09 bits per heavy atom. The maximum Gasteiger partial charge on any atom is 0.321 e. The lowest BCUT2D eigenvalue weighted by atomic mass is 10.3. The van der Waals surface area contributed by atoms with Gasteiger partial charge in [-0.3, -0.25) is 4.79 Å². The van der Waals surface area contributed by atoms with Crippen molar-refractivity contribution in [2.24, 2.45) is 0 Å². The molecule has 0 aliphatic heterocycles. The summed E-state index contributed by atoms with van der Waals surface area (Å²) in [6.07, 6.45) is 2.81. The van der Waals surface area contributed by atoms with E-state index in [1.807, 2.05) is 19.9 Å². The maximum absolute atomic E-state index is 12.1. The van der Waals surface area contributed by atoms with E-state index in [9.17, 15) is 10.0 Å². The predicted octanol–water partition coefficient (Wildman–Crippen LogP) is 1.77. The lowest BCUT2D eigenvalue weighted by Crippen LogP contribution is -2.36. The molecule has 0 bridgehead atoms. The van der Waals surface area contributed by atoms with Crippen LogP contribution in [0.25, 0.3) is 5.82 Å². The average molecular weight is 309 g/mol. The molecule has 0 atom stereocenters. The van der Waals surface area contributed by atoms with E-state index in [4.69, 9.17) is 0 Å². The Hall–Kier alpha value is -3.22. The Labute approximate surface area is 132 Å². The first kappa shape index (κ1) is 14.7. The van der Waals surface area contributed by atoms with Crippen LogP contribution in [0.15, 0.2) is 48.8 Å². The molecule has 116 valence electrons. The summed E-state index contributed by atoms with van der Waals surface area (Å²) in [6, 6.07) is 10.1. The minimum Gasteiger partial charge on any atom is -0.618 e. The highest BCUT2D eigenvalue weighted by Gasteiger charge is 2.15. The summed E-state index contributed by atoms with van der Waals surface area (Å²) in [7, 11) is 0. The first-order valence-corrected chi connectivity index (χ1v) is 7.04. The molecule has 0 fully saturated rings. The zero-order chi connectivity index (χ0) is 16.4. The molecule has 0 aromatic carbocycles. The fraction of sp³-hybridized carbons (Fsp3) is 0.125. The second-order valence-electron chi connectivity index (χ2n) is 5.11. The molecule has 0 saturated heterocycles. The molecular weight excluding hydrogens is 294 g/mol. The third-order valence-corrected chi connectivity index (χ3v) is 3.29. The van der Waals surface area contributed by atoms with Crippen LogP contribution in [0.4, 0.5) is 5.69 Å². The minimum atomic E-state index is -0.485. The number of rotatable bonds is 3. The highest BCUT2D eigenvalue weighted by Crippen LogP contribution is 2.13. The molecule has 0 saturated carbocycles. The summed E-state index contributed by atoms with van der Waals surface area (Å²) in [5.74, 6) is 0.175. The van der Waals surface area contributed by atoms with Gasteiger partial charge in [-0.2, -0.15) is 9.83 Å². The van der Waals surface area contributed by atoms with Crippen molar-refractivity contribution in [2.45, 2.75) is 13.8 Å². The number of anilines is 1. The third kappa shape index (κ3) is 3.03. The molecule has 3 aromatic heterocycles. The molecule has 7 nitrogen and oxygen atoms in total. The summed E-state index contributed by atoms with van der Waals surface area (Å²) < 4.78 is 2.25. The van der Waals surface area contributed by atoms with Crippen molar-refractivity contribution in [1.29, 1.82) is 0 Å². The molecule has 0 aliphatic rings. The van der Waals surface area contributed by atoms with E-state index in [2.05, 4.69) is 15.4 Å². The standard InChI is InChI=1S/C16H15N5O2/c1-11-9-12(2)21(19-11)15-7-6-13(10-17-15)18-16(22)14-5-3-4-8-20(14)23/h3-10H,1-2H3,(H,18,22). The van der Waals surface area contributed by atoms with Gasteiger partial charge in [0.05, 0.1) is 17.6 Å². The molecule has 23 heavy (non-hydrogen) atoms. The Morgan fingerprint density at radius 3 is 2.70 bits per heavy atom. The van der Waals surface area contributed by atoms with E-state index >= 15 is 0 Å². The summed E-state index contributed by atoms with van der Waals surface area (Å²) in [5, 5.41) is 18.6. The van der Waals surface area contributed by atoms with Crippen molar-refractivity contribution >= 4 is 11.6 Å². The summed E-state index contributed by atoms with van der Waals surface area (Å²) in [6.45, 7) is 3.86. The third-order valence-electron chi connectivity index (χ3n) is 3.29. The van der Waals surface area contributed by atoms with Crippen molar-refractivity contribution in [1.82, 2.24) is 14.8 Å². The molecule has 0 spiro atoms. The van der Waals surface area contributed by atoms with Gasteiger partial charge in [-0.25, -0.2) is 9.67 Å². The van der Waals surface area contributed by atoms with Gasteiger partial charge in [-0.1, -0.05) is 0 Å². The average Bonchev–Trinajstić information content (AvgIpc) is 2.87. The van der Waals surface area contributed by atoms with E-state index in [0.717, 1.165) is 11.4 Å². The van der Waals surface area contributed by atoms with Crippen molar-refractivity contribution < 1.29 is 9.52 Å². The number of carbonyl (C=O) groups excluding carboxylic acids is 1. The van der Waals surface area contributed by atoms with Gasteiger partial charge in [-0.15, -0.1) is 0 Å². The first-order chi connectivity index (χ1) is 11.0. The molecule has 0 unspecified atom stereocenters. The van der Waals surface area contributed by atoms with Crippen molar-refractivity contribution in [3.63, 3.8) is 0 Å². The number of hydrogen-bond donors (Lipinski definition) is 1. The smallest absolute Gasteiger partial charge is 0.321 e. The molecular formula is C16H15N5O2. The summed E-state index contributed by atoms with van der Waals surface area (Å²) in [4.78, 5) is 16.4. The normalized spacial score (nSPS) is 10.5. The monoisotopic (exact) mass is 309 g/mol. The zero-order valence-electron chi connectivity index (χ0n) is 12.7. The zero-order valence-corrected chi connectivity index (χ0v) is 12.7. The van der Waals surface area contributed by atoms with Gasteiger partial charge in [0.2, 0.25) is 0 Å². The lowest BCUT2D eigenvalue weighted by Gasteiger charge is -2.07. The van der Waals surface area contributed by atoms with Gasteiger partial charge in [0.25, 0.3) is 5.69 Å².